The molecule has 0 bridgehead atoms. The molecule has 1 fully saturated rings. The zero-order valence-corrected chi connectivity index (χ0v) is 16.8. The van der Waals surface area contributed by atoms with Gasteiger partial charge >= 0.3 is 0 Å². The number of hydrogen-bond acceptors (Lipinski definition) is 7. The molecule has 2 aromatic carbocycles. The second kappa shape index (κ2) is 8.17. The van der Waals surface area contributed by atoms with Gasteiger partial charge in [-0.1, -0.05) is 0 Å². The number of rotatable bonds is 6. The van der Waals surface area contributed by atoms with Crippen LogP contribution in [-0.2, 0) is 0 Å². The Morgan fingerprint density at radius 2 is 1.87 bits per heavy atom. The second-order valence-corrected chi connectivity index (χ2v) is 7.24. The average Bonchev–Trinajstić information content (AvgIpc) is 3.22. The molecule has 4 rings (SSSR count). The molecule has 0 radical (unpaired) electrons. The Labute approximate surface area is 172 Å². The number of halogens is 2. The van der Waals surface area contributed by atoms with Gasteiger partial charge in [-0.3, -0.25) is 0 Å². The number of anilines is 3. The molecule has 1 atom stereocenters. The molecule has 1 aromatic heterocycles. The van der Waals surface area contributed by atoms with Gasteiger partial charge in [-0.25, -0.2) is 13.8 Å². The average molecular weight is 415 g/mol. The molecular weight excluding hydrogens is 392 g/mol. The highest BCUT2D eigenvalue weighted by Crippen LogP contribution is 2.33. The number of methoxy groups -OCH3 is 2. The molecule has 0 spiro atoms. The van der Waals surface area contributed by atoms with Crippen LogP contribution >= 0.6 is 0 Å². The first-order valence-electron chi connectivity index (χ1n) is 9.61. The highest BCUT2D eigenvalue weighted by atomic mass is 19.2. The van der Waals surface area contributed by atoms with Crippen LogP contribution in [0.2, 0.25) is 0 Å². The highest BCUT2D eigenvalue weighted by molar-refractivity contribution is 5.91. The molecule has 1 aliphatic heterocycles. The van der Waals surface area contributed by atoms with E-state index in [4.69, 9.17) is 15.2 Å². The molecule has 7 nitrogen and oxygen atoms in total. The third-order valence-electron chi connectivity index (χ3n) is 5.33. The lowest BCUT2D eigenvalue weighted by Gasteiger charge is -2.19. The van der Waals surface area contributed by atoms with Gasteiger partial charge < -0.3 is 25.4 Å². The van der Waals surface area contributed by atoms with Crippen LogP contribution < -0.4 is 25.4 Å². The maximum atomic E-state index is 13.5. The lowest BCUT2D eigenvalue weighted by molar-refractivity contribution is 0.356. The summed E-state index contributed by atoms with van der Waals surface area (Å²) in [6, 6.07) is 7.51. The largest absolute Gasteiger partial charge is 0.493 e. The zero-order valence-electron chi connectivity index (χ0n) is 16.8. The molecule has 3 aromatic rings. The maximum Gasteiger partial charge on any atom is 0.225 e. The smallest absolute Gasteiger partial charge is 0.225 e. The van der Waals surface area contributed by atoms with E-state index in [9.17, 15) is 8.78 Å². The van der Waals surface area contributed by atoms with Crippen molar-refractivity contribution in [2.24, 2.45) is 5.92 Å². The molecule has 1 unspecified atom stereocenters. The Kier molecular flexibility index (Phi) is 5.43. The molecule has 1 saturated heterocycles. The van der Waals surface area contributed by atoms with E-state index in [2.05, 4.69) is 15.3 Å². The monoisotopic (exact) mass is 415 g/mol. The van der Waals surface area contributed by atoms with Gasteiger partial charge in [-0.2, -0.15) is 4.98 Å². The molecule has 2 heterocycles. The third kappa shape index (κ3) is 3.87. The molecule has 0 aliphatic carbocycles. The summed E-state index contributed by atoms with van der Waals surface area (Å²) in [5.74, 6) is 0.537. The van der Waals surface area contributed by atoms with Gasteiger partial charge in [0.1, 0.15) is 5.82 Å². The Bertz CT molecular complexity index is 1080. The Morgan fingerprint density at radius 1 is 1.10 bits per heavy atom. The van der Waals surface area contributed by atoms with E-state index >= 15 is 0 Å². The van der Waals surface area contributed by atoms with E-state index in [1.54, 1.807) is 32.4 Å². The van der Waals surface area contributed by atoms with E-state index in [0.717, 1.165) is 25.6 Å². The topological polar surface area (TPSA) is 85.5 Å². The van der Waals surface area contributed by atoms with Crippen LogP contribution in [0.15, 0.2) is 30.3 Å². The Hall–Kier alpha value is -3.36. The quantitative estimate of drug-likeness (QED) is 0.638. The van der Waals surface area contributed by atoms with Crippen LogP contribution in [0.25, 0.3) is 10.9 Å². The van der Waals surface area contributed by atoms with Gasteiger partial charge in [0.05, 0.1) is 19.7 Å². The zero-order chi connectivity index (χ0) is 21.3. The number of nitrogens with zero attached hydrogens (tertiary/aromatic N) is 3. The number of nitrogens with one attached hydrogen (secondary N) is 1. The number of fused-ring (bicyclic) bond motifs is 1. The van der Waals surface area contributed by atoms with Crippen molar-refractivity contribution >= 4 is 28.4 Å². The number of aromatic nitrogens is 2. The van der Waals surface area contributed by atoms with Crippen molar-refractivity contribution in [3.63, 3.8) is 0 Å². The molecule has 1 aliphatic rings. The summed E-state index contributed by atoms with van der Waals surface area (Å²) in [5.41, 5.74) is 7.45. The molecule has 30 heavy (non-hydrogen) atoms. The van der Waals surface area contributed by atoms with Crippen LogP contribution in [0, 0.1) is 17.6 Å². The number of hydrogen-bond donors (Lipinski definition) is 2. The van der Waals surface area contributed by atoms with Crippen molar-refractivity contribution in [1.82, 2.24) is 9.97 Å². The number of nitrogen functional groups attached to an aromatic ring is 1. The lowest BCUT2D eigenvalue weighted by atomic mass is 10.1. The van der Waals surface area contributed by atoms with Crippen molar-refractivity contribution in [3.05, 3.63) is 42.0 Å². The van der Waals surface area contributed by atoms with E-state index in [1.165, 1.54) is 6.07 Å². The van der Waals surface area contributed by atoms with Crippen molar-refractivity contribution in [2.75, 3.05) is 49.8 Å². The summed E-state index contributed by atoms with van der Waals surface area (Å²) >= 11 is 0. The summed E-state index contributed by atoms with van der Waals surface area (Å²) in [5, 5.41) is 3.93. The van der Waals surface area contributed by atoms with Crippen LogP contribution in [0.1, 0.15) is 6.42 Å². The van der Waals surface area contributed by atoms with Crippen LogP contribution in [0.3, 0.4) is 0 Å². The van der Waals surface area contributed by atoms with Crippen LogP contribution in [-0.4, -0.2) is 43.8 Å². The number of nitrogens with two attached hydrogens (primary N) is 1. The fourth-order valence-electron chi connectivity index (χ4n) is 3.71. The van der Waals surface area contributed by atoms with E-state index < -0.39 is 11.6 Å². The summed E-state index contributed by atoms with van der Waals surface area (Å²) < 4.78 is 37.3. The SMILES string of the molecule is COc1cc2nc(NCC3CCN(c4ccc(F)c(F)c4)C3)nc(N)c2cc1OC. The Morgan fingerprint density at radius 3 is 2.60 bits per heavy atom. The minimum Gasteiger partial charge on any atom is -0.493 e. The molecular formula is C21H23F2N5O2. The molecule has 0 amide bonds. The number of benzene rings is 2. The molecule has 0 saturated carbocycles. The van der Waals surface area contributed by atoms with E-state index in [-0.39, 0.29) is 0 Å². The predicted octanol–water partition coefficient (Wildman–Crippen LogP) is 3.45. The van der Waals surface area contributed by atoms with Crippen LogP contribution in [0.5, 0.6) is 11.5 Å². The summed E-state index contributed by atoms with van der Waals surface area (Å²) in [4.78, 5) is 10.9. The van der Waals surface area contributed by atoms with Gasteiger partial charge in [-0.05, 0) is 30.5 Å². The predicted molar refractivity (Wildman–Crippen MR) is 112 cm³/mol. The van der Waals surface area contributed by atoms with Crippen molar-refractivity contribution in [1.29, 1.82) is 0 Å². The van der Waals surface area contributed by atoms with Gasteiger partial charge in [0.15, 0.2) is 23.1 Å². The molecule has 9 heteroatoms. The van der Waals surface area contributed by atoms with Crippen LogP contribution in [0.4, 0.5) is 26.2 Å². The van der Waals surface area contributed by atoms with E-state index in [0.29, 0.717) is 52.3 Å². The lowest BCUT2D eigenvalue weighted by Crippen LogP contribution is -2.23. The first-order chi connectivity index (χ1) is 14.5. The molecule has 3 N–H and O–H groups in total. The fourth-order valence-corrected chi connectivity index (χ4v) is 3.71. The third-order valence-corrected chi connectivity index (χ3v) is 5.33. The van der Waals surface area contributed by atoms with Gasteiger partial charge in [-0.15, -0.1) is 0 Å². The highest BCUT2D eigenvalue weighted by Gasteiger charge is 2.23. The summed E-state index contributed by atoms with van der Waals surface area (Å²) in [6.07, 6.45) is 0.917. The second-order valence-electron chi connectivity index (χ2n) is 7.24. The minimum atomic E-state index is -0.837. The standard InChI is InChI=1S/C21H23F2N5O2/c1-29-18-8-14-17(9-19(18)30-2)26-21(27-20(14)24)25-10-12-5-6-28(11-12)13-3-4-15(22)16(23)7-13/h3-4,7-9,12H,5-6,10-11H2,1-2H3,(H3,24,25,26,27). The van der Waals surface area contributed by atoms with Crippen molar-refractivity contribution in [2.45, 2.75) is 6.42 Å². The van der Waals surface area contributed by atoms with E-state index in [1.807, 2.05) is 4.90 Å². The minimum absolute atomic E-state index is 0.309. The first-order valence-corrected chi connectivity index (χ1v) is 9.61. The normalized spacial score (nSPS) is 16.1. The molecule has 158 valence electrons. The van der Waals surface area contributed by atoms with Crippen molar-refractivity contribution < 1.29 is 18.3 Å². The Balaban J connectivity index is 1.45. The fraction of sp³-hybridized carbons (Fsp3) is 0.333. The van der Waals surface area contributed by atoms with Crippen molar-refractivity contribution in [3.8, 4) is 11.5 Å². The summed E-state index contributed by atoms with van der Waals surface area (Å²) in [7, 11) is 3.12. The van der Waals surface area contributed by atoms with Gasteiger partial charge in [0.2, 0.25) is 5.95 Å². The number of ether oxygens (including phenoxy) is 2. The van der Waals surface area contributed by atoms with Gasteiger partial charge in [0, 0.05) is 42.8 Å². The first kappa shape index (κ1) is 19.9. The maximum absolute atomic E-state index is 13.5. The van der Waals surface area contributed by atoms with Gasteiger partial charge in [0.25, 0.3) is 0 Å². The summed E-state index contributed by atoms with van der Waals surface area (Å²) in [6.45, 7) is 2.14.